The summed E-state index contributed by atoms with van der Waals surface area (Å²) < 4.78 is 0. The van der Waals surface area contributed by atoms with E-state index in [0.29, 0.717) is 23.8 Å². The van der Waals surface area contributed by atoms with Gasteiger partial charge in [-0.05, 0) is 48.9 Å². The van der Waals surface area contributed by atoms with Gasteiger partial charge in [0.1, 0.15) is 0 Å². The highest BCUT2D eigenvalue weighted by Crippen LogP contribution is 2.17. The SMILES string of the molecule is BrBr.CC(C)CC(Br)C(=O)c1cccnc1.CC(C)CCC(=O)c1cccnc1. The minimum absolute atomic E-state index is 0.0910. The van der Waals surface area contributed by atoms with Crippen LogP contribution >= 0.6 is 44.2 Å². The zero-order valence-corrected chi connectivity index (χ0v) is 22.1. The predicted molar refractivity (Wildman–Crippen MR) is 131 cm³/mol. The number of nitrogens with zero attached hydrogens (tertiary/aromatic N) is 2. The van der Waals surface area contributed by atoms with E-state index in [1.54, 1.807) is 43.0 Å². The number of ketones is 2. The van der Waals surface area contributed by atoms with Gasteiger partial charge in [0.25, 0.3) is 0 Å². The molecule has 0 spiro atoms. The van der Waals surface area contributed by atoms with Crippen LogP contribution in [0.25, 0.3) is 0 Å². The first-order chi connectivity index (χ1) is 13.8. The average molecular weight is 593 g/mol. The van der Waals surface area contributed by atoms with Crippen molar-refractivity contribution in [1.29, 1.82) is 0 Å². The Hall–Kier alpha value is -0.920. The Balaban J connectivity index is 0.000000499. The lowest BCUT2D eigenvalue weighted by molar-refractivity contribution is 0.0970. The van der Waals surface area contributed by atoms with Gasteiger partial charge in [0.15, 0.2) is 11.6 Å². The molecule has 160 valence electrons. The Morgan fingerprint density at radius 1 is 0.897 bits per heavy atom. The number of carbonyl (C=O) groups excluding carboxylic acids is 2. The second-order valence-corrected chi connectivity index (χ2v) is 8.41. The smallest absolute Gasteiger partial charge is 0.178 e. The van der Waals surface area contributed by atoms with Crippen LogP contribution in [-0.2, 0) is 0 Å². The topological polar surface area (TPSA) is 59.9 Å². The molecule has 0 saturated heterocycles. The van der Waals surface area contributed by atoms with Crippen molar-refractivity contribution < 1.29 is 9.59 Å². The minimum atomic E-state index is -0.0910. The van der Waals surface area contributed by atoms with Gasteiger partial charge in [-0.15, -0.1) is 0 Å². The van der Waals surface area contributed by atoms with Crippen LogP contribution in [0.1, 0.15) is 67.7 Å². The molecule has 2 heterocycles. The molecule has 0 amide bonds. The molecule has 0 saturated carbocycles. The van der Waals surface area contributed by atoms with Crippen LogP contribution < -0.4 is 0 Å². The summed E-state index contributed by atoms with van der Waals surface area (Å²) in [6.45, 7) is 8.45. The fraction of sp³-hybridized carbons (Fsp3) is 0.455. The summed E-state index contributed by atoms with van der Waals surface area (Å²) in [7, 11) is 0. The molecule has 0 fully saturated rings. The highest BCUT2D eigenvalue weighted by molar-refractivity contribution is 9.93. The molecule has 1 unspecified atom stereocenters. The number of Topliss-reactive ketones (excluding diaryl/α,β-unsaturated/α-hetero) is 2. The van der Waals surface area contributed by atoms with Crippen LogP contribution in [0.3, 0.4) is 0 Å². The molecule has 2 aromatic heterocycles. The van der Waals surface area contributed by atoms with Crippen LogP contribution in [0, 0.1) is 11.8 Å². The lowest BCUT2D eigenvalue weighted by Gasteiger charge is -2.10. The molecule has 4 nitrogen and oxygen atoms in total. The standard InChI is InChI=1S/C11H14BrNO.C11H15NO.Br2/c1-8(2)6-10(12)11(14)9-4-3-5-13-7-9;1-9(2)5-6-11(13)10-4-3-7-12-8-10;1-2/h3-5,7-8,10H,6H2,1-2H3;3-4,7-9H,5-6H2,1-2H3;. The van der Waals surface area contributed by atoms with Crippen LogP contribution in [0.4, 0.5) is 0 Å². The van der Waals surface area contributed by atoms with Crippen LogP contribution in [0.15, 0.2) is 49.1 Å². The Morgan fingerprint density at radius 2 is 1.41 bits per heavy atom. The molecule has 0 bridgehead atoms. The Kier molecular flexibility index (Phi) is 16.3. The summed E-state index contributed by atoms with van der Waals surface area (Å²) in [5.41, 5.74) is 1.40. The number of halogens is 3. The van der Waals surface area contributed by atoms with E-state index in [4.69, 9.17) is 0 Å². The van der Waals surface area contributed by atoms with E-state index in [-0.39, 0.29) is 16.4 Å². The van der Waals surface area contributed by atoms with Crippen molar-refractivity contribution in [2.75, 3.05) is 0 Å². The van der Waals surface area contributed by atoms with Gasteiger partial charge in [-0.25, -0.2) is 0 Å². The quantitative estimate of drug-likeness (QED) is 0.236. The zero-order chi connectivity index (χ0) is 22.2. The number of aromatic nitrogens is 2. The molecular weight excluding hydrogens is 564 g/mol. The van der Waals surface area contributed by atoms with Crippen LogP contribution in [0.5, 0.6) is 0 Å². The van der Waals surface area contributed by atoms with E-state index < -0.39 is 0 Å². The first kappa shape index (κ1) is 28.1. The van der Waals surface area contributed by atoms with Crippen molar-refractivity contribution >= 4 is 55.8 Å². The zero-order valence-electron chi connectivity index (χ0n) is 17.3. The maximum Gasteiger partial charge on any atom is 0.178 e. The van der Waals surface area contributed by atoms with Gasteiger partial charge in [0.2, 0.25) is 0 Å². The second-order valence-electron chi connectivity index (χ2n) is 7.30. The monoisotopic (exact) mass is 590 g/mol. The maximum atomic E-state index is 11.8. The first-order valence-electron chi connectivity index (χ1n) is 9.47. The molecule has 0 N–H and O–H groups in total. The molecule has 0 aliphatic heterocycles. The average Bonchev–Trinajstić information content (AvgIpc) is 2.74. The van der Waals surface area contributed by atoms with Crippen molar-refractivity contribution in [3.05, 3.63) is 60.2 Å². The highest BCUT2D eigenvalue weighted by atomic mass is 80.9. The molecule has 2 rings (SSSR count). The first-order valence-corrected chi connectivity index (χ1v) is 14.1. The van der Waals surface area contributed by atoms with Gasteiger partial charge in [0, 0.05) is 70.6 Å². The fourth-order valence-corrected chi connectivity index (χ4v) is 3.31. The van der Waals surface area contributed by atoms with Crippen molar-refractivity contribution in [2.45, 2.75) is 51.8 Å². The molecule has 0 radical (unpaired) electrons. The van der Waals surface area contributed by atoms with Crippen molar-refractivity contribution in [2.24, 2.45) is 11.8 Å². The lowest BCUT2D eigenvalue weighted by atomic mass is 10.0. The highest BCUT2D eigenvalue weighted by Gasteiger charge is 2.17. The third-order valence-corrected chi connectivity index (χ3v) is 4.63. The molecule has 0 aromatic carbocycles. The molecule has 2 aromatic rings. The molecule has 0 aliphatic rings. The van der Waals surface area contributed by atoms with E-state index in [1.165, 1.54) is 0 Å². The number of hydrogen-bond donors (Lipinski definition) is 0. The molecular formula is C22H29Br3N2O2. The summed E-state index contributed by atoms with van der Waals surface area (Å²) in [6, 6.07) is 7.19. The van der Waals surface area contributed by atoms with Gasteiger partial charge in [-0.1, -0.05) is 43.6 Å². The Labute approximate surface area is 198 Å². The van der Waals surface area contributed by atoms with E-state index >= 15 is 0 Å². The fourth-order valence-electron chi connectivity index (χ4n) is 2.30. The summed E-state index contributed by atoms with van der Waals surface area (Å²) in [5.74, 6) is 1.41. The molecule has 1 atom stereocenters. The summed E-state index contributed by atoms with van der Waals surface area (Å²) in [5, 5.41) is 0. The molecule has 0 aliphatic carbocycles. The maximum absolute atomic E-state index is 11.8. The third-order valence-electron chi connectivity index (χ3n) is 3.84. The van der Waals surface area contributed by atoms with Gasteiger partial charge in [-0.3, -0.25) is 19.6 Å². The van der Waals surface area contributed by atoms with Gasteiger partial charge < -0.3 is 0 Å². The summed E-state index contributed by atoms with van der Waals surface area (Å²) >= 11 is 8.90. The van der Waals surface area contributed by atoms with E-state index in [0.717, 1.165) is 18.4 Å². The second kappa shape index (κ2) is 16.8. The number of hydrogen-bond acceptors (Lipinski definition) is 4. The minimum Gasteiger partial charge on any atom is -0.294 e. The predicted octanol–water partition coefficient (Wildman–Crippen LogP) is 7.47. The number of pyridine rings is 2. The normalized spacial score (nSPS) is 11.1. The van der Waals surface area contributed by atoms with Crippen molar-refractivity contribution in [3.8, 4) is 0 Å². The summed E-state index contributed by atoms with van der Waals surface area (Å²) in [4.78, 5) is 31.0. The Bertz CT molecular complexity index is 696. The van der Waals surface area contributed by atoms with Crippen LogP contribution in [0.2, 0.25) is 0 Å². The van der Waals surface area contributed by atoms with E-state index in [1.807, 2.05) is 6.07 Å². The van der Waals surface area contributed by atoms with Crippen molar-refractivity contribution in [3.63, 3.8) is 0 Å². The number of alkyl halides is 1. The van der Waals surface area contributed by atoms with E-state index in [9.17, 15) is 9.59 Å². The largest absolute Gasteiger partial charge is 0.294 e. The van der Waals surface area contributed by atoms with Crippen LogP contribution in [-0.4, -0.2) is 26.4 Å². The van der Waals surface area contributed by atoms with E-state index in [2.05, 4.69) is 81.8 Å². The molecule has 29 heavy (non-hydrogen) atoms. The number of rotatable bonds is 8. The lowest BCUT2D eigenvalue weighted by Crippen LogP contribution is -2.16. The molecule has 7 heteroatoms. The van der Waals surface area contributed by atoms with Gasteiger partial charge in [0.05, 0.1) is 4.83 Å². The van der Waals surface area contributed by atoms with Crippen molar-refractivity contribution in [1.82, 2.24) is 9.97 Å². The number of carbonyl (C=O) groups is 2. The third kappa shape index (κ3) is 13.1. The Morgan fingerprint density at radius 3 is 1.83 bits per heavy atom. The van der Waals surface area contributed by atoms with Gasteiger partial charge >= 0.3 is 0 Å². The van der Waals surface area contributed by atoms with Gasteiger partial charge in [-0.2, -0.15) is 0 Å². The summed E-state index contributed by atoms with van der Waals surface area (Å²) in [6.07, 6.45) is 9.02.